The first-order chi connectivity index (χ1) is 9.76. The highest BCUT2D eigenvalue weighted by molar-refractivity contribution is 5.48. The fourth-order valence-electron chi connectivity index (χ4n) is 2.15. The predicted octanol–water partition coefficient (Wildman–Crippen LogP) is 3.61. The van der Waals surface area contributed by atoms with Crippen molar-refractivity contribution in [3.8, 4) is 5.88 Å². The van der Waals surface area contributed by atoms with E-state index < -0.39 is 0 Å². The van der Waals surface area contributed by atoms with Gasteiger partial charge in [0.05, 0.1) is 5.56 Å². The second kappa shape index (κ2) is 6.89. The van der Waals surface area contributed by atoms with Gasteiger partial charge in [-0.25, -0.2) is 9.97 Å². The van der Waals surface area contributed by atoms with Crippen LogP contribution >= 0.6 is 0 Å². The smallest absolute Gasteiger partial charge is 0.222 e. The lowest BCUT2D eigenvalue weighted by Gasteiger charge is -2.18. The highest BCUT2D eigenvalue weighted by Crippen LogP contribution is 2.27. The van der Waals surface area contributed by atoms with E-state index in [1.165, 1.54) is 6.33 Å². The molecule has 1 heterocycles. The van der Waals surface area contributed by atoms with Crippen LogP contribution in [0.3, 0.4) is 0 Å². The number of hydrogen-bond acceptors (Lipinski definition) is 4. The minimum atomic E-state index is -0.0357. The van der Waals surface area contributed by atoms with Gasteiger partial charge in [0.2, 0.25) is 5.88 Å². The molecule has 2 aromatic rings. The van der Waals surface area contributed by atoms with E-state index in [1.54, 1.807) is 0 Å². The van der Waals surface area contributed by atoms with Gasteiger partial charge in [-0.15, -0.1) is 0 Å². The van der Waals surface area contributed by atoms with Gasteiger partial charge >= 0.3 is 0 Å². The van der Waals surface area contributed by atoms with Crippen LogP contribution in [-0.2, 0) is 6.42 Å². The first kappa shape index (κ1) is 14.3. The SMILES string of the molecule is CCCc1c(NC)ncnc1OC(C)c1ccccc1. The van der Waals surface area contributed by atoms with Crippen LogP contribution in [0, 0.1) is 0 Å². The number of ether oxygens (including phenoxy) is 1. The van der Waals surface area contributed by atoms with Crippen molar-refractivity contribution in [3.63, 3.8) is 0 Å². The maximum atomic E-state index is 6.04. The largest absolute Gasteiger partial charge is 0.469 e. The maximum Gasteiger partial charge on any atom is 0.222 e. The van der Waals surface area contributed by atoms with Crippen LogP contribution in [-0.4, -0.2) is 17.0 Å². The average molecular weight is 271 g/mol. The summed E-state index contributed by atoms with van der Waals surface area (Å²) in [5.41, 5.74) is 2.18. The van der Waals surface area contributed by atoms with Crippen LogP contribution in [0.2, 0.25) is 0 Å². The molecule has 0 radical (unpaired) electrons. The van der Waals surface area contributed by atoms with E-state index in [1.807, 2.05) is 32.2 Å². The fourth-order valence-corrected chi connectivity index (χ4v) is 2.15. The molecule has 0 saturated heterocycles. The van der Waals surface area contributed by atoms with E-state index >= 15 is 0 Å². The van der Waals surface area contributed by atoms with Crippen molar-refractivity contribution in [3.05, 3.63) is 47.8 Å². The molecule has 1 aromatic heterocycles. The summed E-state index contributed by atoms with van der Waals surface area (Å²) >= 11 is 0. The van der Waals surface area contributed by atoms with Crippen molar-refractivity contribution in [1.82, 2.24) is 9.97 Å². The van der Waals surface area contributed by atoms with Crippen molar-refractivity contribution in [1.29, 1.82) is 0 Å². The van der Waals surface area contributed by atoms with Gasteiger partial charge in [0.15, 0.2) is 0 Å². The summed E-state index contributed by atoms with van der Waals surface area (Å²) in [6, 6.07) is 10.2. The second-order valence-electron chi connectivity index (χ2n) is 4.68. The van der Waals surface area contributed by atoms with Gasteiger partial charge in [0, 0.05) is 7.05 Å². The Morgan fingerprint density at radius 1 is 1.20 bits per heavy atom. The molecule has 0 spiro atoms. The third kappa shape index (κ3) is 3.26. The predicted molar refractivity (Wildman–Crippen MR) is 81.1 cm³/mol. The van der Waals surface area contributed by atoms with Crippen LogP contribution in [0.25, 0.3) is 0 Å². The van der Waals surface area contributed by atoms with Crippen molar-refractivity contribution in [2.75, 3.05) is 12.4 Å². The molecule has 106 valence electrons. The monoisotopic (exact) mass is 271 g/mol. The molecule has 1 unspecified atom stereocenters. The zero-order valence-corrected chi connectivity index (χ0v) is 12.3. The van der Waals surface area contributed by atoms with Gasteiger partial charge in [-0.2, -0.15) is 0 Å². The summed E-state index contributed by atoms with van der Waals surface area (Å²) in [6.07, 6.45) is 3.43. The molecular formula is C16H21N3O. The molecule has 1 N–H and O–H groups in total. The Kier molecular flexibility index (Phi) is 4.93. The quantitative estimate of drug-likeness (QED) is 0.872. The number of benzene rings is 1. The third-order valence-electron chi connectivity index (χ3n) is 3.20. The van der Waals surface area contributed by atoms with Crippen molar-refractivity contribution >= 4 is 5.82 Å². The first-order valence-corrected chi connectivity index (χ1v) is 6.99. The molecule has 1 aromatic carbocycles. The number of nitrogens with zero attached hydrogens (tertiary/aromatic N) is 2. The first-order valence-electron chi connectivity index (χ1n) is 6.99. The van der Waals surface area contributed by atoms with Gasteiger partial charge in [-0.3, -0.25) is 0 Å². The molecular weight excluding hydrogens is 250 g/mol. The molecule has 0 aliphatic carbocycles. The maximum absolute atomic E-state index is 6.04. The number of hydrogen-bond donors (Lipinski definition) is 1. The van der Waals surface area contributed by atoms with E-state index in [0.717, 1.165) is 29.8 Å². The molecule has 1 atom stereocenters. The Bertz CT molecular complexity index is 543. The van der Waals surface area contributed by atoms with Crippen molar-refractivity contribution < 1.29 is 4.74 Å². The Hall–Kier alpha value is -2.10. The Labute approximate surface area is 120 Å². The lowest BCUT2D eigenvalue weighted by atomic mass is 10.1. The highest BCUT2D eigenvalue weighted by atomic mass is 16.5. The summed E-state index contributed by atoms with van der Waals surface area (Å²) in [4.78, 5) is 8.55. The molecule has 4 nitrogen and oxygen atoms in total. The standard InChI is InChI=1S/C16H21N3O/c1-4-8-14-15(17-3)18-11-19-16(14)20-12(2)13-9-6-5-7-10-13/h5-7,9-12H,4,8H2,1-3H3,(H,17,18,19). The number of nitrogens with one attached hydrogen (secondary N) is 1. The van der Waals surface area contributed by atoms with Gasteiger partial charge in [-0.05, 0) is 18.9 Å². The molecule has 20 heavy (non-hydrogen) atoms. The van der Waals surface area contributed by atoms with Gasteiger partial charge in [0.25, 0.3) is 0 Å². The van der Waals surface area contributed by atoms with Crippen LogP contribution in [0.5, 0.6) is 5.88 Å². The third-order valence-corrected chi connectivity index (χ3v) is 3.20. The Balaban J connectivity index is 2.24. The van der Waals surface area contributed by atoms with E-state index in [0.29, 0.717) is 5.88 Å². The van der Waals surface area contributed by atoms with E-state index in [4.69, 9.17) is 4.74 Å². The zero-order chi connectivity index (χ0) is 14.4. The summed E-state index contributed by atoms with van der Waals surface area (Å²) in [5.74, 6) is 1.51. The summed E-state index contributed by atoms with van der Waals surface area (Å²) in [7, 11) is 1.87. The topological polar surface area (TPSA) is 47.0 Å². The number of aromatic nitrogens is 2. The molecule has 0 aliphatic rings. The fraction of sp³-hybridized carbons (Fsp3) is 0.375. The molecule has 0 bridgehead atoms. The average Bonchev–Trinajstić information content (AvgIpc) is 2.50. The molecule has 4 heteroatoms. The minimum Gasteiger partial charge on any atom is -0.469 e. The van der Waals surface area contributed by atoms with Crippen LogP contribution in [0.15, 0.2) is 36.7 Å². The summed E-state index contributed by atoms with van der Waals surface area (Å²) in [6.45, 7) is 4.17. The van der Waals surface area contributed by atoms with E-state index in [9.17, 15) is 0 Å². The zero-order valence-electron chi connectivity index (χ0n) is 12.3. The lowest BCUT2D eigenvalue weighted by molar-refractivity contribution is 0.214. The van der Waals surface area contributed by atoms with Crippen molar-refractivity contribution in [2.45, 2.75) is 32.8 Å². The van der Waals surface area contributed by atoms with Gasteiger partial charge < -0.3 is 10.1 Å². The van der Waals surface area contributed by atoms with E-state index in [-0.39, 0.29) is 6.10 Å². The van der Waals surface area contributed by atoms with E-state index in [2.05, 4.69) is 34.3 Å². The number of rotatable bonds is 6. The Morgan fingerprint density at radius 3 is 2.60 bits per heavy atom. The molecule has 0 saturated carbocycles. The van der Waals surface area contributed by atoms with Gasteiger partial charge in [0.1, 0.15) is 18.2 Å². The normalized spacial score (nSPS) is 11.9. The number of anilines is 1. The molecule has 0 fully saturated rings. The molecule has 0 aliphatic heterocycles. The van der Waals surface area contributed by atoms with Crippen LogP contribution in [0.4, 0.5) is 5.82 Å². The molecule has 2 rings (SSSR count). The minimum absolute atomic E-state index is 0.0357. The molecule has 0 amide bonds. The highest BCUT2D eigenvalue weighted by Gasteiger charge is 2.14. The van der Waals surface area contributed by atoms with Crippen LogP contribution < -0.4 is 10.1 Å². The lowest BCUT2D eigenvalue weighted by Crippen LogP contribution is -2.09. The van der Waals surface area contributed by atoms with Crippen molar-refractivity contribution in [2.24, 2.45) is 0 Å². The second-order valence-corrected chi connectivity index (χ2v) is 4.68. The summed E-state index contributed by atoms with van der Waals surface area (Å²) in [5, 5.41) is 3.10. The Morgan fingerprint density at radius 2 is 1.95 bits per heavy atom. The van der Waals surface area contributed by atoms with Gasteiger partial charge in [-0.1, -0.05) is 43.7 Å². The summed E-state index contributed by atoms with van der Waals surface area (Å²) < 4.78 is 6.04. The van der Waals surface area contributed by atoms with Crippen LogP contribution in [0.1, 0.15) is 37.5 Å².